The van der Waals surface area contributed by atoms with Crippen molar-refractivity contribution in [2.75, 3.05) is 17.0 Å². The van der Waals surface area contributed by atoms with Gasteiger partial charge in [0.15, 0.2) is 0 Å². The van der Waals surface area contributed by atoms with E-state index in [4.69, 9.17) is 5.84 Å². The number of aromatic nitrogens is 4. The molecule has 1 aromatic carbocycles. The molecule has 9 nitrogen and oxygen atoms in total. The molecular weight excluding hydrogens is 388 g/mol. The minimum atomic E-state index is -0.115. The van der Waals surface area contributed by atoms with Crippen LogP contribution in [0.15, 0.2) is 65.1 Å². The van der Waals surface area contributed by atoms with E-state index in [2.05, 4.69) is 31.0 Å². The first-order chi connectivity index (χ1) is 14.0. The summed E-state index contributed by atoms with van der Waals surface area (Å²) in [7, 11) is 0. The lowest BCUT2D eigenvalue weighted by molar-refractivity contribution is -0.119. The number of hydrogen-bond acceptors (Lipinski definition) is 8. The Kier molecular flexibility index (Phi) is 6.80. The van der Waals surface area contributed by atoms with E-state index in [1.54, 1.807) is 12.4 Å². The summed E-state index contributed by atoms with van der Waals surface area (Å²) in [5, 5.41) is 15.6. The molecule has 0 fully saturated rings. The molecule has 150 valence electrons. The Balaban J connectivity index is 1.53. The number of hydrazone groups is 1. The number of hydrogen-bond donors (Lipinski definition) is 3. The van der Waals surface area contributed by atoms with Crippen molar-refractivity contribution in [2.45, 2.75) is 25.0 Å². The van der Waals surface area contributed by atoms with Crippen molar-refractivity contribution >= 4 is 29.3 Å². The number of anilines is 1. The number of thioether (sulfide) groups is 1. The Morgan fingerprint density at radius 2 is 1.93 bits per heavy atom. The second kappa shape index (κ2) is 9.69. The van der Waals surface area contributed by atoms with Gasteiger partial charge in [-0.3, -0.25) is 9.78 Å². The quantitative estimate of drug-likeness (QED) is 0.225. The van der Waals surface area contributed by atoms with E-state index in [0.717, 1.165) is 16.8 Å². The third kappa shape index (κ3) is 5.55. The van der Waals surface area contributed by atoms with Crippen molar-refractivity contribution in [1.29, 1.82) is 0 Å². The number of benzene rings is 1. The van der Waals surface area contributed by atoms with Crippen LogP contribution in [0, 0.1) is 0 Å². The molecule has 0 saturated heterocycles. The van der Waals surface area contributed by atoms with Gasteiger partial charge in [-0.1, -0.05) is 42.1 Å². The molecular formula is C19H22N8OS. The highest BCUT2D eigenvalue weighted by atomic mass is 32.2. The summed E-state index contributed by atoms with van der Waals surface area (Å²) in [6.45, 7) is 3.79. The van der Waals surface area contributed by atoms with Crippen LogP contribution >= 0.6 is 11.8 Å². The molecule has 0 spiro atoms. The Morgan fingerprint density at radius 3 is 2.66 bits per heavy atom. The Bertz CT molecular complexity index is 974. The maximum Gasteiger partial charge on any atom is 0.264 e. The zero-order chi connectivity index (χ0) is 20.6. The molecule has 0 aliphatic carbocycles. The van der Waals surface area contributed by atoms with Crippen LogP contribution in [0.4, 0.5) is 5.95 Å². The number of amides is 1. The third-order valence-corrected chi connectivity index (χ3v) is 5.04. The van der Waals surface area contributed by atoms with Gasteiger partial charge in [0.05, 0.1) is 17.5 Å². The summed E-state index contributed by atoms with van der Waals surface area (Å²) >= 11 is 1.20. The summed E-state index contributed by atoms with van der Waals surface area (Å²) in [4.78, 5) is 16.2. The van der Waals surface area contributed by atoms with Crippen molar-refractivity contribution in [3.8, 4) is 0 Å². The van der Waals surface area contributed by atoms with Gasteiger partial charge in [-0.2, -0.15) is 5.10 Å². The highest BCUT2D eigenvalue weighted by molar-refractivity contribution is 7.99. The molecule has 4 N–H and O–H groups in total. The van der Waals surface area contributed by atoms with Crippen molar-refractivity contribution in [2.24, 2.45) is 5.10 Å². The number of nitrogens with zero attached hydrogens (tertiary/aromatic N) is 5. The standard InChI is InChI=1S/C19H22N8OS/c1-13(15-6-4-3-5-7-15)22-17(28)12-29-19-26-25-18(27(19)20)24-23-14(2)16-8-10-21-11-9-16/h3-11,13H,12,20H2,1-2H3,(H,22,28)(H,24,25)/b23-14+. The molecule has 3 rings (SSSR count). The number of carbonyl (C=O) groups excluding carboxylic acids is 1. The van der Waals surface area contributed by atoms with E-state index in [0.29, 0.717) is 5.16 Å². The van der Waals surface area contributed by atoms with Gasteiger partial charge in [0, 0.05) is 18.0 Å². The van der Waals surface area contributed by atoms with Crippen LogP contribution in [0.5, 0.6) is 0 Å². The second-order valence-electron chi connectivity index (χ2n) is 6.21. The molecule has 0 saturated carbocycles. The summed E-state index contributed by atoms with van der Waals surface area (Å²) in [5.74, 6) is 6.34. The maximum atomic E-state index is 12.2. The van der Waals surface area contributed by atoms with Gasteiger partial charge < -0.3 is 11.2 Å². The Hall–Kier alpha value is -3.40. The van der Waals surface area contributed by atoms with E-state index in [9.17, 15) is 4.79 Å². The fourth-order valence-electron chi connectivity index (χ4n) is 2.48. The number of nitrogens with two attached hydrogens (primary N) is 1. The highest BCUT2D eigenvalue weighted by Gasteiger charge is 2.14. The van der Waals surface area contributed by atoms with E-state index in [1.807, 2.05) is 56.3 Å². The van der Waals surface area contributed by atoms with Crippen molar-refractivity contribution in [1.82, 2.24) is 25.2 Å². The Morgan fingerprint density at radius 1 is 1.21 bits per heavy atom. The average Bonchev–Trinajstić information content (AvgIpc) is 3.11. The number of nitrogen functional groups attached to an aromatic ring is 1. The predicted octanol–water partition coefficient (Wildman–Crippen LogP) is 2.19. The summed E-state index contributed by atoms with van der Waals surface area (Å²) < 4.78 is 1.27. The summed E-state index contributed by atoms with van der Waals surface area (Å²) in [6, 6.07) is 13.4. The van der Waals surface area contributed by atoms with Crippen LogP contribution in [0.25, 0.3) is 0 Å². The maximum absolute atomic E-state index is 12.2. The van der Waals surface area contributed by atoms with Crippen molar-refractivity contribution in [3.05, 3.63) is 66.0 Å². The van der Waals surface area contributed by atoms with Gasteiger partial charge in [-0.15, -0.1) is 10.2 Å². The second-order valence-corrected chi connectivity index (χ2v) is 7.15. The SMILES string of the molecule is C/C(=N\Nc1nnc(SCC(=O)NC(C)c2ccccc2)n1N)c1ccncc1. The normalized spacial score (nSPS) is 12.4. The van der Waals surface area contributed by atoms with Crippen LogP contribution in [-0.2, 0) is 4.79 Å². The molecule has 2 heterocycles. The molecule has 29 heavy (non-hydrogen) atoms. The average molecular weight is 411 g/mol. The van der Waals surface area contributed by atoms with Crippen LogP contribution < -0.4 is 16.6 Å². The van der Waals surface area contributed by atoms with E-state index < -0.39 is 0 Å². The van der Waals surface area contributed by atoms with Crippen LogP contribution in [-0.4, -0.2) is 37.2 Å². The molecule has 3 aromatic rings. The largest absolute Gasteiger partial charge is 0.349 e. The van der Waals surface area contributed by atoms with Gasteiger partial charge in [0.2, 0.25) is 11.1 Å². The van der Waals surface area contributed by atoms with Crippen LogP contribution in [0.2, 0.25) is 0 Å². The van der Waals surface area contributed by atoms with Gasteiger partial charge in [-0.05, 0) is 31.5 Å². The number of nitrogens with one attached hydrogen (secondary N) is 2. The van der Waals surface area contributed by atoms with Crippen molar-refractivity contribution < 1.29 is 4.79 Å². The molecule has 2 aromatic heterocycles. The minimum Gasteiger partial charge on any atom is -0.349 e. The zero-order valence-electron chi connectivity index (χ0n) is 16.1. The smallest absolute Gasteiger partial charge is 0.264 e. The summed E-state index contributed by atoms with van der Waals surface area (Å²) in [5.41, 5.74) is 5.51. The van der Waals surface area contributed by atoms with E-state index >= 15 is 0 Å². The molecule has 1 unspecified atom stereocenters. The van der Waals surface area contributed by atoms with E-state index in [1.165, 1.54) is 16.4 Å². The topological polar surface area (TPSA) is 123 Å². The molecule has 1 atom stereocenters. The van der Waals surface area contributed by atoms with E-state index in [-0.39, 0.29) is 23.7 Å². The van der Waals surface area contributed by atoms with Gasteiger partial charge in [0.25, 0.3) is 5.95 Å². The first-order valence-electron chi connectivity index (χ1n) is 8.93. The molecule has 0 aliphatic heterocycles. The van der Waals surface area contributed by atoms with Gasteiger partial charge >= 0.3 is 0 Å². The third-order valence-electron chi connectivity index (χ3n) is 4.10. The number of carbonyl (C=O) groups is 1. The first-order valence-corrected chi connectivity index (χ1v) is 9.91. The minimum absolute atomic E-state index is 0.0808. The molecule has 10 heteroatoms. The first kappa shape index (κ1) is 20.3. The number of pyridine rings is 1. The molecule has 1 amide bonds. The predicted molar refractivity (Wildman–Crippen MR) is 114 cm³/mol. The van der Waals surface area contributed by atoms with Crippen LogP contribution in [0.1, 0.15) is 31.0 Å². The van der Waals surface area contributed by atoms with Crippen LogP contribution in [0.3, 0.4) is 0 Å². The molecule has 0 bridgehead atoms. The van der Waals surface area contributed by atoms with Crippen molar-refractivity contribution in [3.63, 3.8) is 0 Å². The zero-order valence-corrected chi connectivity index (χ0v) is 16.9. The lowest BCUT2D eigenvalue weighted by atomic mass is 10.1. The summed E-state index contributed by atoms with van der Waals surface area (Å²) in [6.07, 6.45) is 3.39. The fourth-order valence-corrected chi connectivity index (χ4v) is 3.15. The highest BCUT2D eigenvalue weighted by Crippen LogP contribution is 2.17. The fraction of sp³-hybridized carbons (Fsp3) is 0.211. The Labute approximate surface area is 172 Å². The van der Waals surface area contributed by atoms with Gasteiger partial charge in [-0.25, -0.2) is 10.1 Å². The monoisotopic (exact) mass is 410 g/mol. The molecule has 0 aliphatic rings. The van der Waals surface area contributed by atoms with Gasteiger partial charge in [0.1, 0.15) is 0 Å². The number of rotatable bonds is 8. The lowest BCUT2D eigenvalue weighted by Crippen LogP contribution is -2.28. The lowest BCUT2D eigenvalue weighted by Gasteiger charge is -2.13. The molecule has 0 radical (unpaired) electrons.